The smallest absolute Gasteiger partial charge is 0.255 e. The highest BCUT2D eigenvalue weighted by atomic mass is 16.5. The first-order valence-electron chi connectivity index (χ1n) is 6.44. The summed E-state index contributed by atoms with van der Waals surface area (Å²) in [5, 5.41) is 3.35. The standard InChI is InChI=1S/C13H16N2O4/c16-12-7-18-8-13(17)15(12)6-11-4-3-10(19-11)5-14-9-1-2-9/h3-4,9,14H,1-2,5-8H2. The molecule has 2 amide bonds. The summed E-state index contributed by atoms with van der Waals surface area (Å²) in [5.74, 6) is 0.821. The second-order valence-electron chi connectivity index (χ2n) is 4.89. The van der Waals surface area contributed by atoms with E-state index >= 15 is 0 Å². The van der Waals surface area contributed by atoms with Crippen molar-refractivity contribution in [3.8, 4) is 0 Å². The molecule has 1 saturated carbocycles. The lowest BCUT2D eigenvalue weighted by Gasteiger charge is -2.23. The number of carbonyl (C=O) groups is 2. The molecule has 6 nitrogen and oxygen atoms in total. The highest BCUT2D eigenvalue weighted by Gasteiger charge is 2.27. The lowest BCUT2D eigenvalue weighted by Crippen LogP contribution is -2.45. The van der Waals surface area contributed by atoms with E-state index < -0.39 is 0 Å². The Morgan fingerprint density at radius 2 is 1.84 bits per heavy atom. The van der Waals surface area contributed by atoms with Crippen molar-refractivity contribution in [1.82, 2.24) is 10.2 Å². The molecule has 0 spiro atoms. The van der Waals surface area contributed by atoms with E-state index in [0.29, 0.717) is 18.3 Å². The van der Waals surface area contributed by atoms with E-state index in [0.717, 1.165) is 5.76 Å². The number of morpholine rings is 1. The van der Waals surface area contributed by atoms with Crippen molar-refractivity contribution in [2.45, 2.75) is 32.0 Å². The fraction of sp³-hybridized carbons (Fsp3) is 0.538. The van der Waals surface area contributed by atoms with Gasteiger partial charge in [0.25, 0.3) is 11.8 Å². The Morgan fingerprint density at radius 1 is 1.16 bits per heavy atom. The molecule has 1 N–H and O–H groups in total. The van der Waals surface area contributed by atoms with Gasteiger partial charge in [-0.15, -0.1) is 0 Å². The van der Waals surface area contributed by atoms with Crippen LogP contribution in [-0.2, 0) is 27.4 Å². The number of hydrogen-bond donors (Lipinski definition) is 1. The first-order valence-corrected chi connectivity index (χ1v) is 6.44. The zero-order valence-electron chi connectivity index (χ0n) is 10.6. The zero-order valence-corrected chi connectivity index (χ0v) is 10.6. The summed E-state index contributed by atoms with van der Waals surface area (Å²) >= 11 is 0. The fourth-order valence-corrected chi connectivity index (χ4v) is 1.99. The molecule has 1 aromatic heterocycles. The molecule has 1 aromatic rings. The number of imide groups is 1. The van der Waals surface area contributed by atoms with E-state index in [2.05, 4.69) is 5.32 Å². The molecule has 0 bridgehead atoms. The largest absolute Gasteiger partial charge is 0.463 e. The molecule has 1 saturated heterocycles. The van der Waals surface area contributed by atoms with Gasteiger partial charge in [0.15, 0.2) is 0 Å². The lowest BCUT2D eigenvalue weighted by atomic mass is 10.3. The van der Waals surface area contributed by atoms with E-state index in [1.54, 1.807) is 6.07 Å². The Labute approximate surface area is 110 Å². The third-order valence-electron chi connectivity index (χ3n) is 3.23. The summed E-state index contributed by atoms with van der Waals surface area (Å²) in [6.45, 7) is 0.797. The average molecular weight is 264 g/mol. The van der Waals surface area contributed by atoms with Crippen LogP contribution in [0.5, 0.6) is 0 Å². The predicted octanol–water partition coefficient (Wildman–Crippen LogP) is 0.417. The minimum Gasteiger partial charge on any atom is -0.463 e. The lowest BCUT2D eigenvalue weighted by molar-refractivity contribution is -0.159. The van der Waals surface area contributed by atoms with Crippen molar-refractivity contribution in [2.24, 2.45) is 0 Å². The second kappa shape index (κ2) is 5.14. The van der Waals surface area contributed by atoms with Crippen molar-refractivity contribution in [3.63, 3.8) is 0 Å². The molecule has 3 rings (SSSR count). The Balaban J connectivity index is 1.58. The quantitative estimate of drug-likeness (QED) is 0.780. The number of rotatable bonds is 5. The van der Waals surface area contributed by atoms with Crippen molar-refractivity contribution in [3.05, 3.63) is 23.7 Å². The maximum Gasteiger partial charge on any atom is 0.255 e. The number of carbonyl (C=O) groups excluding carboxylic acids is 2. The molecule has 0 unspecified atom stereocenters. The van der Waals surface area contributed by atoms with E-state index in [1.165, 1.54) is 17.7 Å². The van der Waals surface area contributed by atoms with Crippen LogP contribution in [0, 0.1) is 0 Å². The minimum absolute atomic E-state index is 0.0391. The number of nitrogens with one attached hydrogen (secondary N) is 1. The highest BCUT2D eigenvalue weighted by Crippen LogP contribution is 2.20. The van der Waals surface area contributed by atoms with Gasteiger partial charge in [-0.05, 0) is 25.0 Å². The van der Waals surface area contributed by atoms with Gasteiger partial charge in [-0.1, -0.05) is 0 Å². The molecule has 1 aliphatic carbocycles. The molecular formula is C13H16N2O4. The van der Waals surface area contributed by atoms with Gasteiger partial charge in [-0.2, -0.15) is 0 Å². The first-order chi connectivity index (χ1) is 9.22. The third kappa shape index (κ3) is 3.02. The fourth-order valence-electron chi connectivity index (χ4n) is 1.99. The van der Waals surface area contributed by atoms with Gasteiger partial charge < -0.3 is 14.5 Å². The molecule has 0 atom stereocenters. The summed E-state index contributed by atoms with van der Waals surface area (Å²) in [6, 6.07) is 4.30. The Kier molecular flexibility index (Phi) is 3.35. The van der Waals surface area contributed by atoms with Crippen LogP contribution in [-0.4, -0.2) is 36.0 Å². The molecule has 2 aliphatic rings. The monoisotopic (exact) mass is 264 g/mol. The average Bonchev–Trinajstić information content (AvgIpc) is 3.11. The van der Waals surface area contributed by atoms with Crippen molar-refractivity contribution >= 4 is 11.8 Å². The van der Waals surface area contributed by atoms with E-state index in [-0.39, 0.29) is 31.6 Å². The summed E-state index contributed by atoms with van der Waals surface area (Å²) in [5.41, 5.74) is 0. The summed E-state index contributed by atoms with van der Waals surface area (Å²) in [6.07, 6.45) is 2.45. The molecule has 6 heteroatoms. The highest BCUT2D eigenvalue weighted by molar-refractivity contribution is 5.98. The Hall–Kier alpha value is -1.66. The van der Waals surface area contributed by atoms with Crippen LogP contribution in [0.3, 0.4) is 0 Å². The molecule has 19 heavy (non-hydrogen) atoms. The van der Waals surface area contributed by atoms with Crippen molar-refractivity contribution in [2.75, 3.05) is 13.2 Å². The van der Waals surface area contributed by atoms with Gasteiger partial charge in [0, 0.05) is 6.04 Å². The first kappa shape index (κ1) is 12.4. The normalized spacial score (nSPS) is 20.1. The topological polar surface area (TPSA) is 71.8 Å². The molecule has 2 heterocycles. The van der Waals surface area contributed by atoms with Crippen LogP contribution >= 0.6 is 0 Å². The minimum atomic E-state index is -0.315. The van der Waals surface area contributed by atoms with Crippen LogP contribution in [0.1, 0.15) is 24.4 Å². The van der Waals surface area contributed by atoms with Crippen LogP contribution < -0.4 is 5.32 Å². The van der Waals surface area contributed by atoms with Crippen LogP contribution in [0.2, 0.25) is 0 Å². The third-order valence-corrected chi connectivity index (χ3v) is 3.23. The number of ether oxygens (including phenoxy) is 1. The number of hydrogen-bond acceptors (Lipinski definition) is 5. The molecule has 0 radical (unpaired) electrons. The maximum absolute atomic E-state index is 11.6. The number of nitrogens with zero attached hydrogens (tertiary/aromatic N) is 1. The number of amides is 2. The van der Waals surface area contributed by atoms with E-state index in [4.69, 9.17) is 9.15 Å². The molecule has 2 fully saturated rings. The summed E-state index contributed by atoms with van der Waals surface area (Å²) in [4.78, 5) is 24.3. The summed E-state index contributed by atoms with van der Waals surface area (Å²) < 4.78 is 10.5. The van der Waals surface area contributed by atoms with Crippen LogP contribution in [0.15, 0.2) is 16.5 Å². The number of furan rings is 1. The molecule has 102 valence electrons. The Morgan fingerprint density at radius 3 is 2.53 bits per heavy atom. The van der Waals surface area contributed by atoms with Crippen LogP contribution in [0.25, 0.3) is 0 Å². The maximum atomic E-state index is 11.6. The van der Waals surface area contributed by atoms with Crippen molar-refractivity contribution < 1.29 is 18.7 Å². The van der Waals surface area contributed by atoms with E-state index in [1.807, 2.05) is 6.07 Å². The van der Waals surface area contributed by atoms with Gasteiger partial charge in [-0.25, -0.2) is 0 Å². The second-order valence-corrected chi connectivity index (χ2v) is 4.89. The SMILES string of the molecule is O=C1COCC(=O)N1Cc1ccc(CNC2CC2)o1. The van der Waals surface area contributed by atoms with E-state index in [9.17, 15) is 9.59 Å². The summed E-state index contributed by atoms with van der Waals surface area (Å²) in [7, 11) is 0. The van der Waals surface area contributed by atoms with Gasteiger partial charge in [0.2, 0.25) is 0 Å². The van der Waals surface area contributed by atoms with Gasteiger partial charge in [-0.3, -0.25) is 14.5 Å². The predicted molar refractivity (Wildman–Crippen MR) is 64.9 cm³/mol. The van der Waals surface area contributed by atoms with Crippen LogP contribution in [0.4, 0.5) is 0 Å². The van der Waals surface area contributed by atoms with Crippen molar-refractivity contribution in [1.29, 1.82) is 0 Å². The van der Waals surface area contributed by atoms with Gasteiger partial charge in [0.05, 0.1) is 13.1 Å². The van der Waals surface area contributed by atoms with Gasteiger partial charge >= 0.3 is 0 Å². The van der Waals surface area contributed by atoms with Gasteiger partial charge in [0.1, 0.15) is 24.7 Å². The molecule has 1 aliphatic heterocycles. The molecular weight excluding hydrogens is 248 g/mol. The molecule has 0 aromatic carbocycles. The zero-order chi connectivity index (χ0) is 13.2. The Bertz CT molecular complexity index is 477.